The summed E-state index contributed by atoms with van der Waals surface area (Å²) < 4.78 is 23.8. The van der Waals surface area contributed by atoms with E-state index in [9.17, 15) is 9.18 Å². The van der Waals surface area contributed by atoms with Crippen LogP contribution in [0.25, 0.3) is 0 Å². The molecule has 2 N–H and O–H groups in total. The summed E-state index contributed by atoms with van der Waals surface area (Å²) in [4.78, 5) is 18.6. The summed E-state index contributed by atoms with van der Waals surface area (Å²) >= 11 is 5.83. The van der Waals surface area contributed by atoms with Gasteiger partial charge in [0.1, 0.15) is 11.6 Å². The Kier molecular flexibility index (Phi) is 4.54. The van der Waals surface area contributed by atoms with Crippen LogP contribution in [0.2, 0.25) is 5.02 Å². The average Bonchev–Trinajstić information content (AvgIpc) is 2.43. The molecule has 8 heteroatoms. The molecule has 0 spiro atoms. The van der Waals surface area contributed by atoms with Crippen LogP contribution in [0.3, 0.4) is 0 Å². The van der Waals surface area contributed by atoms with Crippen molar-refractivity contribution in [2.24, 2.45) is 0 Å². The van der Waals surface area contributed by atoms with Crippen LogP contribution in [0.15, 0.2) is 24.4 Å². The van der Waals surface area contributed by atoms with Gasteiger partial charge in [0.2, 0.25) is 5.88 Å². The molecular weight excluding hydrogens is 301 g/mol. The molecule has 0 saturated heterocycles. The number of anilines is 1. The van der Waals surface area contributed by atoms with E-state index in [2.05, 4.69) is 9.97 Å². The van der Waals surface area contributed by atoms with Crippen LogP contribution >= 0.6 is 11.6 Å². The highest BCUT2D eigenvalue weighted by Gasteiger charge is 2.14. The van der Waals surface area contributed by atoms with Gasteiger partial charge in [0.25, 0.3) is 5.88 Å². The zero-order valence-corrected chi connectivity index (χ0v) is 11.7. The highest BCUT2D eigenvalue weighted by molar-refractivity contribution is 6.31. The summed E-state index contributed by atoms with van der Waals surface area (Å²) in [5.74, 6) is -1.08. The minimum atomic E-state index is -0.744. The number of hydrogen-bond donors (Lipinski definition) is 1. The molecule has 21 heavy (non-hydrogen) atoms. The number of nitrogens with two attached hydrogens (primary N) is 1. The Morgan fingerprint density at radius 1 is 1.48 bits per heavy atom. The number of carbonyl (C=O) groups excluding carboxylic acids is 1. The van der Waals surface area contributed by atoms with Gasteiger partial charge in [0.05, 0.1) is 0 Å². The van der Waals surface area contributed by atoms with Crippen molar-refractivity contribution in [3.05, 3.63) is 35.2 Å². The first-order valence-electron chi connectivity index (χ1n) is 5.84. The van der Waals surface area contributed by atoms with E-state index in [1.807, 2.05) is 0 Å². The van der Waals surface area contributed by atoms with E-state index in [4.69, 9.17) is 26.8 Å². The summed E-state index contributed by atoms with van der Waals surface area (Å²) in [7, 11) is 0. The van der Waals surface area contributed by atoms with Gasteiger partial charge in [-0.05, 0) is 19.1 Å². The van der Waals surface area contributed by atoms with Gasteiger partial charge >= 0.3 is 0 Å². The van der Waals surface area contributed by atoms with E-state index in [0.717, 1.165) is 6.07 Å². The SMILES string of the molecule is CC(=O)COc1ncccc1Oc1nc(N)c(F)cc1Cl. The molecule has 110 valence electrons. The van der Waals surface area contributed by atoms with E-state index in [0.29, 0.717) is 0 Å². The first kappa shape index (κ1) is 15.0. The topological polar surface area (TPSA) is 87.3 Å². The molecule has 0 aliphatic heterocycles. The first-order valence-corrected chi connectivity index (χ1v) is 6.22. The number of pyridine rings is 2. The number of halogens is 2. The van der Waals surface area contributed by atoms with Crippen LogP contribution in [0.4, 0.5) is 10.2 Å². The van der Waals surface area contributed by atoms with E-state index in [1.54, 1.807) is 12.1 Å². The van der Waals surface area contributed by atoms with Gasteiger partial charge < -0.3 is 15.2 Å². The van der Waals surface area contributed by atoms with Gasteiger partial charge in [-0.3, -0.25) is 4.79 Å². The largest absolute Gasteiger partial charge is 0.467 e. The lowest BCUT2D eigenvalue weighted by molar-refractivity contribution is -0.119. The maximum atomic E-state index is 13.2. The molecule has 0 aliphatic rings. The number of nitrogens with zero attached hydrogens (tertiary/aromatic N) is 2. The summed E-state index contributed by atoms with van der Waals surface area (Å²) in [6.07, 6.45) is 1.47. The number of hydrogen-bond acceptors (Lipinski definition) is 6. The Morgan fingerprint density at radius 3 is 2.95 bits per heavy atom. The molecule has 2 rings (SSSR count). The highest BCUT2D eigenvalue weighted by Crippen LogP contribution is 2.33. The molecular formula is C13H11ClFN3O3. The zero-order chi connectivity index (χ0) is 15.4. The quantitative estimate of drug-likeness (QED) is 0.913. The van der Waals surface area contributed by atoms with Crippen LogP contribution < -0.4 is 15.2 Å². The van der Waals surface area contributed by atoms with Crippen LogP contribution in [-0.2, 0) is 4.79 Å². The Labute approximate surface area is 124 Å². The standard InChI is InChI=1S/C13H11ClFN3O3/c1-7(19)6-20-13-10(3-2-4-17-13)21-12-8(14)5-9(15)11(16)18-12/h2-5H,6H2,1H3,(H2,16,18). The maximum Gasteiger partial charge on any atom is 0.258 e. The molecule has 0 saturated carbocycles. The van der Waals surface area contributed by atoms with Gasteiger partial charge in [-0.1, -0.05) is 11.6 Å². The van der Waals surface area contributed by atoms with Crippen LogP contribution in [0.1, 0.15) is 6.92 Å². The van der Waals surface area contributed by atoms with Crippen molar-refractivity contribution in [3.8, 4) is 17.5 Å². The van der Waals surface area contributed by atoms with Crippen molar-refractivity contribution in [2.45, 2.75) is 6.92 Å². The van der Waals surface area contributed by atoms with Gasteiger partial charge in [-0.2, -0.15) is 4.98 Å². The second-order valence-electron chi connectivity index (χ2n) is 4.04. The number of aromatic nitrogens is 2. The summed E-state index contributed by atoms with van der Waals surface area (Å²) in [6, 6.07) is 4.13. The zero-order valence-electron chi connectivity index (χ0n) is 11.0. The second-order valence-corrected chi connectivity index (χ2v) is 4.45. The van der Waals surface area contributed by atoms with Gasteiger partial charge in [-0.15, -0.1) is 0 Å². The fraction of sp³-hybridized carbons (Fsp3) is 0.154. The molecule has 2 aromatic heterocycles. The van der Waals surface area contributed by atoms with E-state index in [1.165, 1.54) is 13.1 Å². The van der Waals surface area contributed by atoms with Crippen molar-refractivity contribution in [1.29, 1.82) is 0 Å². The molecule has 0 aromatic carbocycles. The Balaban J connectivity index is 2.27. The molecule has 0 atom stereocenters. The summed E-state index contributed by atoms with van der Waals surface area (Å²) in [6.45, 7) is 1.22. The minimum Gasteiger partial charge on any atom is -0.467 e. The van der Waals surface area contributed by atoms with E-state index < -0.39 is 5.82 Å². The fourth-order valence-electron chi connectivity index (χ4n) is 1.37. The third-order valence-electron chi connectivity index (χ3n) is 2.28. The molecule has 0 aliphatic carbocycles. The first-order chi connectivity index (χ1) is 9.97. The lowest BCUT2D eigenvalue weighted by atomic mass is 10.4. The number of rotatable bonds is 5. The predicted molar refractivity (Wildman–Crippen MR) is 74.1 cm³/mol. The predicted octanol–water partition coefficient (Wildman–Crippen LogP) is 2.61. The average molecular weight is 312 g/mol. The molecule has 0 amide bonds. The van der Waals surface area contributed by atoms with E-state index in [-0.39, 0.29) is 40.7 Å². The highest BCUT2D eigenvalue weighted by atomic mass is 35.5. The third-order valence-corrected chi connectivity index (χ3v) is 2.55. The van der Waals surface area contributed by atoms with Crippen molar-refractivity contribution in [2.75, 3.05) is 12.3 Å². The molecule has 0 fully saturated rings. The Bertz CT molecular complexity index is 682. The normalized spacial score (nSPS) is 10.2. The lowest BCUT2D eigenvalue weighted by Crippen LogP contribution is -2.08. The minimum absolute atomic E-state index is 0.0527. The summed E-state index contributed by atoms with van der Waals surface area (Å²) in [5, 5.41) is -0.0527. The Morgan fingerprint density at radius 2 is 2.24 bits per heavy atom. The number of carbonyl (C=O) groups is 1. The van der Waals surface area contributed by atoms with Crippen LogP contribution in [0.5, 0.6) is 17.5 Å². The maximum absolute atomic E-state index is 13.2. The Hall–Kier alpha value is -2.41. The lowest BCUT2D eigenvalue weighted by Gasteiger charge is -2.11. The molecule has 6 nitrogen and oxygen atoms in total. The molecule has 0 radical (unpaired) electrons. The number of ether oxygens (including phenoxy) is 2. The van der Waals surface area contributed by atoms with Gasteiger partial charge in [0.15, 0.2) is 23.2 Å². The van der Waals surface area contributed by atoms with Crippen LogP contribution in [-0.4, -0.2) is 22.4 Å². The molecule has 0 unspecified atom stereocenters. The van der Waals surface area contributed by atoms with Crippen molar-refractivity contribution >= 4 is 23.2 Å². The smallest absolute Gasteiger partial charge is 0.258 e. The molecule has 0 bridgehead atoms. The fourth-order valence-corrected chi connectivity index (χ4v) is 1.55. The number of nitrogen functional groups attached to an aromatic ring is 1. The van der Waals surface area contributed by atoms with Gasteiger partial charge in [0, 0.05) is 12.3 Å². The number of Topliss-reactive ketones (excluding diaryl/α,β-unsaturated/α-hetero) is 1. The molecule has 2 aromatic rings. The van der Waals surface area contributed by atoms with Crippen LogP contribution in [0, 0.1) is 5.82 Å². The van der Waals surface area contributed by atoms with E-state index >= 15 is 0 Å². The third kappa shape index (κ3) is 3.79. The van der Waals surface area contributed by atoms with Crippen molar-refractivity contribution in [1.82, 2.24) is 9.97 Å². The monoisotopic (exact) mass is 311 g/mol. The van der Waals surface area contributed by atoms with Crippen molar-refractivity contribution in [3.63, 3.8) is 0 Å². The van der Waals surface area contributed by atoms with Crippen molar-refractivity contribution < 1.29 is 18.7 Å². The van der Waals surface area contributed by atoms with Gasteiger partial charge in [-0.25, -0.2) is 9.37 Å². The molecule has 2 heterocycles. The summed E-state index contributed by atoms with van der Waals surface area (Å²) in [5.41, 5.74) is 5.36. The second kappa shape index (κ2) is 6.36. The number of ketones is 1.